The van der Waals surface area contributed by atoms with Gasteiger partial charge in [0.05, 0.1) is 36.6 Å². The number of ether oxygens (including phenoxy) is 3. The number of anilines is 2. The standard InChI is InChI=1S/C38H37F3N2O7/c1-5-48-35(46)37(36(47)49-6-2,27-12-8-7-9-13-27)24-50-33(44)23-25-16-21-31(32(22-25)43(3)4)42-34(45)30-15-11-10-14-29(30)26-17-19-28(20-18-26)38(39,40)41/h7-22H,5-6,23-24H2,1-4H3,(H,42,45). The lowest BCUT2D eigenvalue weighted by Gasteiger charge is -2.29. The molecule has 4 aromatic carbocycles. The van der Waals surface area contributed by atoms with E-state index in [1.807, 2.05) is 0 Å². The van der Waals surface area contributed by atoms with Gasteiger partial charge in [0.25, 0.3) is 5.91 Å². The number of hydrogen-bond acceptors (Lipinski definition) is 8. The predicted octanol–water partition coefficient (Wildman–Crippen LogP) is 6.84. The number of benzene rings is 4. The second-order valence-corrected chi connectivity index (χ2v) is 11.4. The fourth-order valence-electron chi connectivity index (χ4n) is 5.28. The second-order valence-electron chi connectivity index (χ2n) is 11.4. The Balaban J connectivity index is 1.54. The molecule has 0 saturated carbocycles. The van der Waals surface area contributed by atoms with Gasteiger partial charge in [-0.15, -0.1) is 0 Å². The quantitative estimate of drug-likeness (QED) is 0.0923. The van der Waals surface area contributed by atoms with Crippen molar-refractivity contribution in [2.24, 2.45) is 0 Å². The van der Waals surface area contributed by atoms with Crippen LogP contribution in [0.15, 0.2) is 97.1 Å². The van der Waals surface area contributed by atoms with Crippen LogP contribution in [0, 0.1) is 0 Å². The van der Waals surface area contributed by atoms with Crippen LogP contribution < -0.4 is 10.2 Å². The van der Waals surface area contributed by atoms with Crippen LogP contribution in [0.5, 0.6) is 0 Å². The highest BCUT2D eigenvalue weighted by Crippen LogP contribution is 2.33. The van der Waals surface area contributed by atoms with Gasteiger partial charge in [-0.2, -0.15) is 13.2 Å². The Kier molecular flexibility index (Phi) is 12.0. The van der Waals surface area contributed by atoms with E-state index in [9.17, 15) is 32.3 Å². The minimum Gasteiger partial charge on any atom is -0.465 e. The summed E-state index contributed by atoms with van der Waals surface area (Å²) in [5, 5.41) is 2.87. The van der Waals surface area contributed by atoms with Crippen LogP contribution in [0.1, 0.15) is 40.9 Å². The number of alkyl halides is 3. The number of halogens is 3. The third-order valence-corrected chi connectivity index (χ3v) is 7.80. The monoisotopic (exact) mass is 690 g/mol. The van der Waals surface area contributed by atoms with Crippen LogP contribution >= 0.6 is 0 Å². The van der Waals surface area contributed by atoms with Crippen LogP contribution in [0.3, 0.4) is 0 Å². The van der Waals surface area contributed by atoms with Crippen LogP contribution in [0.4, 0.5) is 24.5 Å². The third kappa shape index (κ3) is 8.49. The smallest absolute Gasteiger partial charge is 0.416 e. The molecule has 12 heteroatoms. The molecule has 0 saturated heterocycles. The van der Waals surface area contributed by atoms with E-state index in [-0.39, 0.29) is 30.8 Å². The van der Waals surface area contributed by atoms with Gasteiger partial charge in [-0.1, -0.05) is 66.7 Å². The van der Waals surface area contributed by atoms with E-state index in [1.54, 1.807) is 106 Å². The van der Waals surface area contributed by atoms with Crippen molar-refractivity contribution < 1.29 is 46.6 Å². The Morgan fingerprint density at radius 2 is 1.32 bits per heavy atom. The summed E-state index contributed by atoms with van der Waals surface area (Å²) in [6.07, 6.45) is -4.72. The molecular formula is C38H37F3N2O7. The molecule has 4 aromatic rings. The van der Waals surface area contributed by atoms with E-state index in [1.165, 1.54) is 12.1 Å². The highest BCUT2D eigenvalue weighted by atomic mass is 19.4. The van der Waals surface area contributed by atoms with Gasteiger partial charge >= 0.3 is 24.1 Å². The average Bonchev–Trinajstić information content (AvgIpc) is 3.09. The first-order valence-corrected chi connectivity index (χ1v) is 15.8. The molecule has 0 radical (unpaired) electrons. The van der Waals surface area contributed by atoms with Crippen molar-refractivity contribution in [3.05, 3.63) is 119 Å². The third-order valence-electron chi connectivity index (χ3n) is 7.80. The summed E-state index contributed by atoms with van der Waals surface area (Å²) in [5.74, 6) is -3.04. The number of amides is 1. The fourth-order valence-corrected chi connectivity index (χ4v) is 5.28. The largest absolute Gasteiger partial charge is 0.465 e. The van der Waals surface area contributed by atoms with E-state index >= 15 is 0 Å². The normalized spacial score (nSPS) is 11.3. The summed E-state index contributed by atoms with van der Waals surface area (Å²) in [5.41, 5.74) is 0.0153. The maximum atomic E-state index is 13.5. The van der Waals surface area contributed by atoms with Crippen LogP contribution in [-0.4, -0.2) is 57.7 Å². The minimum atomic E-state index is -4.49. The molecule has 1 N–H and O–H groups in total. The first-order chi connectivity index (χ1) is 23.8. The Morgan fingerprint density at radius 3 is 1.90 bits per heavy atom. The number of carbonyl (C=O) groups excluding carboxylic acids is 4. The van der Waals surface area contributed by atoms with Gasteiger partial charge in [0.15, 0.2) is 0 Å². The maximum Gasteiger partial charge on any atom is 0.416 e. The Labute approximate surface area is 288 Å². The molecule has 0 aliphatic carbocycles. The van der Waals surface area contributed by atoms with Gasteiger partial charge in [-0.05, 0) is 66.4 Å². The average molecular weight is 691 g/mol. The molecule has 262 valence electrons. The van der Waals surface area contributed by atoms with Gasteiger partial charge in [-0.3, -0.25) is 19.2 Å². The maximum absolute atomic E-state index is 13.5. The molecule has 0 heterocycles. The summed E-state index contributed by atoms with van der Waals surface area (Å²) < 4.78 is 55.3. The zero-order chi connectivity index (χ0) is 36.5. The Hall–Kier alpha value is -5.65. The second kappa shape index (κ2) is 16.2. The van der Waals surface area contributed by atoms with Crippen molar-refractivity contribution >= 4 is 35.2 Å². The fraction of sp³-hybridized carbons (Fsp3) is 0.263. The first kappa shape index (κ1) is 37.2. The number of nitrogens with zero attached hydrogens (tertiary/aromatic N) is 1. The molecule has 0 fully saturated rings. The van der Waals surface area contributed by atoms with Crippen molar-refractivity contribution in [3.63, 3.8) is 0 Å². The van der Waals surface area contributed by atoms with Gasteiger partial charge < -0.3 is 24.4 Å². The molecule has 9 nitrogen and oxygen atoms in total. The van der Waals surface area contributed by atoms with Crippen molar-refractivity contribution in [3.8, 4) is 11.1 Å². The zero-order valence-electron chi connectivity index (χ0n) is 28.0. The lowest BCUT2D eigenvalue weighted by Crippen LogP contribution is -2.50. The molecule has 0 atom stereocenters. The summed E-state index contributed by atoms with van der Waals surface area (Å²) in [7, 11) is 3.49. The first-order valence-electron chi connectivity index (χ1n) is 15.8. The van der Waals surface area contributed by atoms with E-state index in [0.717, 1.165) is 12.1 Å². The van der Waals surface area contributed by atoms with Crippen LogP contribution in [0.25, 0.3) is 11.1 Å². The van der Waals surface area contributed by atoms with Gasteiger partial charge in [0.1, 0.15) is 6.61 Å². The van der Waals surface area contributed by atoms with E-state index < -0.39 is 47.6 Å². The Morgan fingerprint density at radius 1 is 0.720 bits per heavy atom. The number of hydrogen-bond donors (Lipinski definition) is 1. The van der Waals surface area contributed by atoms with Crippen LogP contribution in [0.2, 0.25) is 0 Å². The molecule has 0 spiro atoms. The van der Waals surface area contributed by atoms with E-state index in [2.05, 4.69) is 5.32 Å². The molecule has 0 aromatic heterocycles. The zero-order valence-corrected chi connectivity index (χ0v) is 28.0. The summed E-state index contributed by atoms with van der Waals surface area (Å²) in [4.78, 5) is 54.9. The van der Waals surface area contributed by atoms with Crippen molar-refractivity contribution in [2.75, 3.05) is 44.1 Å². The predicted molar refractivity (Wildman–Crippen MR) is 182 cm³/mol. The topological polar surface area (TPSA) is 111 Å². The number of rotatable bonds is 13. The summed E-state index contributed by atoms with van der Waals surface area (Å²) >= 11 is 0. The van der Waals surface area contributed by atoms with Crippen LogP contribution in [-0.2, 0) is 46.6 Å². The van der Waals surface area contributed by atoms with E-state index in [4.69, 9.17) is 14.2 Å². The SMILES string of the molecule is CCOC(=O)C(COC(=O)Cc1ccc(NC(=O)c2ccccc2-c2ccc(C(F)(F)F)cc2)c(N(C)C)c1)(C(=O)OCC)c1ccccc1. The Bertz CT molecular complexity index is 1810. The number of nitrogens with one attached hydrogen (secondary N) is 1. The van der Waals surface area contributed by atoms with Crippen molar-refractivity contribution in [1.29, 1.82) is 0 Å². The van der Waals surface area contributed by atoms with Gasteiger partial charge in [-0.25, -0.2) is 0 Å². The lowest BCUT2D eigenvalue weighted by atomic mass is 9.81. The molecule has 50 heavy (non-hydrogen) atoms. The van der Waals surface area contributed by atoms with Gasteiger partial charge in [0, 0.05) is 19.7 Å². The molecule has 1 amide bonds. The van der Waals surface area contributed by atoms with Crippen molar-refractivity contribution in [1.82, 2.24) is 0 Å². The number of carbonyl (C=O) groups is 4. The highest BCUT2D eigenvalue weighted by molar-refractivity contribution is 6.10. The summed E-state index contributed by atoms with van der Waals surface area (Å²) in [6.45, 7) is 2.50. The van der Waals surface area contributed by atoms with Crippen molar-refractivity contribution in [2.45, 2.75) is 31.9 Å². The molecule has 0 aliphatic heterocycles. The molecule has 0 aliphatic rings. The molecule has 0 bridgehead atoms. The molecule has 0 unspecified atom stereocenters. The summed E-state index contributed by atoms with van der Waals surface area (Å²) in [6, 6.07) is 24.1. The van der Waals surface area contributed by atoms with Gasteiger partial charge in [0.2, 0.25) is 5.41 Å². The molecular weight excluding hydrogens is 653 g/mol. The van der Waals surface area contributed by atoms with E-state index in [0.29, 0.717) is 28.1 Å². The number of esters is 3. The lowest BCUT2D eigenvalue weighted by molar-refractivity contribution is -0.170. The minimum absolute atomic E-state index is 0.0163. The highest BCUT2D eigenvalue weighted by Gasteiger charge is 2.52. The molecule has 4 rings (SSSR count).